The van der Waals surface area contributed by atoms with Crippen LogP contribution in [-0.4, -0.2) is 42.3 Å². The number of alkyl carbamates (subject to hydrolysis) is 1. The second kappa shape index (κ2) is 10.7. The van der Waals surface area contributed by atoms with E-state index in [0.29, 0.717) is 6.42 Å². The fraction of sp³-hybridized carbons (Fsp3) is 0.444. The largest absolute Gasteiger partial charge is 0.481 e. The predicted molar refractivity (Wildman–Crippen MR) is 128 cm³/mol. The maximum absolute atomic E-state index is 12.9. The minimum Gasteiger partial charge on any atom is -0.481 e. The molecule has 0 saturated heterocycles. The molecule has 3 N–H and O–H groups in total. The lowest BCUT2D eigenvalue weighted by Gasteiger charge is -2.33. The molecular weight excluding hydrogens is 432 g/mol. The lowest BCUT2D eigenvalue weighted by atomic mass is 9.75. The van der Waals surface area contributed by atoms with Gasteiger partial charge in [0.2, 0.25) is 5.91 Å². The first-order valence-corrected chi connectivity index (χ1v) is 12.1. The quantitative estimate of drug-likeness (QED) is 0.486. The number of rotatable bonds is 10. The summed E-state index contributed by atoms with van der Waals surface area (Å²) < 4.78 is 5.60. The van der Waals surface area contributed by atoms with E-state index in [-0.39, 0.29) is 37.3 Å². The molecule has 0 radical (unpaired) electrons. The van der Waals surface area contributed by atoms with Gasteiger partial charge in [-0.15, -0.1) is 0 Å². The minimum atomic E-state index is -0.941. The number of benzene rings is 2. The molecule has 7 nitrogen and oxygen atoms in total. The van der Waals surface area contributed by atoms with E-state index < -0.39 is 24.0 Å². The number of fused-ring (bicyclic) bond motifs is 3. The molecule has 0 heterocycles. The fourth-order valence-electron chi connectivity index (χ4n) is 4.97. The van der Waals surface area contributed by atoms with Crippen LogP contribution in [0.3, 0.4) is 0 Å². The van der Waals surface area contributed by atoms with Crippen LogP contribution in [0.1, 0.15) is 56.1 Å². The van der Waals surface area contributed by atoms with Crippen LogP contribution in [0.15, 0.2) is 48.5 Å². The Morgan fingerprint density at radius 2 is 1.65 bits per heavy atom. The third kappa shape index (κ3) is 5.24. The first-order valence-electron chi connectivity index (χ1n) is 12.1. The van der Waals surface area contributed by atoms with Gasteiger partial charge in [0.05, 0.1) is 12.3 Å². The van der Waals surface area contributed by atoms with Crippen molar-refractivity contribution in [3.8, 4) is 11.1 Å². The Morgan fingerprint density at radius 3 is 2.18 bits per heavy atom. The second-order valence-corrected chi connectivity index (χ2v) is 9.22. The van der Waals surface area contributed by atoms with Gasteiger partial charge in [-0.25, -0.2) is 4.79 Å². The zero-order valence-corrected chi connectivity index (χ0v) is 19.5. The van der Waals surface area contributed by atoms with Gasteiger partial charge in [-0.05, 0) is 47.4 Å². The Kier molecular flexibility index (Phi) is 7.50. The number of amides is 2. The lowest BCUT2D eigenvalue weighted by Crippen LogP contribution is -2.47. The van der Waals surface area contributed by atoms with E-state index in [4.69, 9.17) is 9.84 Å². The van der Waals surface area contributed by atoms with Gasteiger partial charge in [-0.3, -0.25) is 9.59 Å². The average molecular weight is 465 g/mol. The molecule has 1 saturated carbocycles. The highest BCUT2D eigenvalue weighted by Gasteiger charge is 2.34. The molecule has 2 aromatic rings. The van der Waals surface area contributed by atoms with Crippen LogP contribution in [0.4, 0.5) is 4.79 Å². The van der Waals surface area contributed by atoms with E-state index in [0.717, 1.165) is 30.4 Å². The third-order valence-corrected chi connectivity index (χ3v) is 7.13. The predicted octanol–water partition coefficient (Wildman–Crippen LogP) is 4.31. The van der Waals surface area contributed by atoms with Crippen LogP contribution in [-0.2, 0) is 14.3 Å². The molecular formula is C27H32N2O5. The average Bonchev–Trinajstić information content (AvgIpc) is 3.12. The summed E-state index contributed by atoms with van der Waals surface area (Å²) in [7, 11) is 0. The second-order valence-electron chi connectivity index (χ2n) is 9.22. The number of carbonyl (C=O) groups is 3. The van der Waals surface area contributed by atoms with Gasteiger partial charge in [0.15, 0.2) is 0 Å². The van der Waals surface area contributed by atoms with Crippen LogP contribution in [0.25, 0.3) is 11.1 Å². The number of nitrogens with one attached hydrogen (secondary N) is 2. The monoisotopic (exact) mass is 464 g/mol. The van der Waals surface area contributed by atoms with Crippen molar-refractivity contribution in [3.05, 3.63) is 59.7 Å². The normalized spacial score (nSPS) is 16.5. The number of carboxylic acids is 1. The Morgan fingerprint density at radius 1 is 1.03 bits per heavy atom. The third-order valence-electron chi connectivity index (χ3n) is 7.13. The molecule has 2 aromatic carbocycles. The maximum Gasteiger partial charge on any atom is 0.407 e. The van der Waals surface area contributed by atoms with Gasteiger partial charge in [0, 0.05) is 18.5 Å². The Labute approximate surface area is 199 Å². The smallest absolute Gasteiger partial charge is 0.407 e. The van der Waals surface area contributed by atoms with Gasteiger partial charge < -0.3 is 20.5 Å². The number of carbonyl (C=O) groups excluding carboxylic acids is 2. The van der Waals surface area contributed by atoms with E-state index in [1.807, 2.05) is 31.2 Å². The van der Waals surface area contributed by atoms with Crippen molar-refractivity contribution in [2.45, 2.75) is 51.0 Å². The van der Waals surface area contributed by atoms with E-state index in [2.05, 4.69) is 34.9 Å². The summed E-state index contributed by atoms with van der Waals surface area (Å²) in [6.45, 7) is 2.24. The standard InChI is InChI=1S/C27H32N2O5/c1-2-18(14-25(30)31)29-26(32)23(17-8-7-9-17)15-28-27(33)34-16-24-21-12-5-3-10-19(21)20-11-4-6-13-22(20)24/h3-6,10-13,17-18,23-24H,2,7-9,14-16H2,1H3,(H,28,33)(H,29,32)(H,30,31). The molecule has 4 rings (SSSR count). The fourth-order valence-corrected chi connectivity index (χ4v) is 4.97. The Bertz CT molecular complexity index is 1000. The van der Waals surface area contributed by atoms with Crippen molar-refractivity contribution < 1.29 is 24.2 Å². The first-order chi connectivity index (χ1) is 16.5. The summed E-state index contributed by atoms with van der Waals surface area (Å²) in [6, 6.07) is 15.9. The zero-order valence-electron chi connectivity index (χ0n) is 19.5. The molecule has 2 amide bonds. The topological polar surface area (TPSA) is 105 Å². The van der Waals surface area contributed by atoms with E-state index in [1.54, 1.807) is 0 Å². The number of hydrogen-bond donors (Lipinski definition) is 3. The lowest BCUT2D eigenvalue weighted by molar-refractivity contribution is -0.138. The SMILES string of the molecule is CCC(CC(=O)O)NC(=O)C(CNC(=O)OCC1c2ccccc2-c2ccccc21)C1CCC1. The zero-order chi connectivity index (χ0) is 24.1. The van der Waals surface area contributed by atoms with Gasteiger partial charge in [0.25, 0.3) is 0 Å². The molecule has 2 unspecified atom stereocenters. The van der Waals surface area contributed by atoms with Crippen LogP contribution in [0.2, 0.25) is 0 Å². The molecule has 2 aliphatic rings. The van der Waals surface area contributed by atoms with Crippen molar-refractivity contribution >= 4 is 18.0 Å². The molecule has 34 heavy (non-hydrogen) atoms. The minimum absolute atomic E-state index is 0.0230. The molecule has 0 aliphatic heterocycles. The molecule has 0 aromatic heterocycles. The van der Waals surface area contributed by atoms with Crippen molar-refractivity contribution in [2.24, 2.45) is 11.8 Å². The number of carboxylic acid groups (broad SMARTS) is 1. The molecule has 2 aliphatic carbocycles. The van der Waals surface area contributed by atoms with Gasteiger partial charge in [-0.2, -0.15) is 0 Å². The molecule has 7 heteroatoms. The van der Waals surface area contributed by atoms with E-state index in [9.17, 15) is 14.4 Å². The highest BCUT2D eigenvalue weighted by atomic mass is 16.5. The van der Waals surface area contributed by atoms with Crippen molar-refractivity contribution in [1.82, 2.24) is 10.6 Å². The van der Waals surface area contributed by atoms with Crippen molar-refractivity contribution in [2.75, 3.05) is 13.2 Å². The van der Waals surface area contributed by atoms with Crippen molar-refractivity contribution in [3.63, 3.8) is 0 Å². The van der Waals surface area contributed by atoms with Crippen molar-refractivity contribution in [1.29, 1.82) is 0 Å². The maximum atomic E-state index is 12.9. The van der Waals surface area contributed by atoms with Crippen LogP contribution >= 0.6 is 0 Å². The summed E-state index contributed by atoms with van der Waals surface area (Å²) in [6.07, 6.45) is 2.80. The Balaban J connectivity index is 1.34. The summed E-state index contributed by atoms with van der Waals surface area (Å²) in [5.74, 6) is -1.36. The van der Waals surface area contributed by atoms with E-state index in [1.165, 1.54) is 11.1 Å². The molecule has 0 spiro atoms. The van der Waals surface area contributed by atoms with Crippen LogP contribution < -0.4 is 10.6 Å². The number of hydrogen-bond acceptors (Lipinski definition) is 4. The summed E-state index contributed by atoms with van der Waals surface area (Å²) in [5.41, 5.74) is 4.63. The van der Waals surface area contributed by atoms with Gasteiger partial charge in [-0.1, -0.05) is 61.9 Å². The number of ether oxygens (including phenoxy) is 1. The molecule has 2 atom stereocenters. The number of aliphatic carboxylic acids is 1. The first kappa shape index (κ1) is 23.8. The molecule has 180 valence electrons. The summed E-state index contributed by atoms with van der Waals surface area (Å²) in [5, 5.41) is 14.7. The highest BCUT2D eigenvalue weighted by molar-refractivity contribution is 5.81. The molecule has 0 bridgehead atoms. The Hall–Kier alpha value is -3.35. The van der Waals surface area contributed by atoms with Gasteiger partial charge in [0.1, 0.15) is 6.61 Å². The highest BCUT2D eigenvalue weighted by Crippen LogP contribution is 2.44. The van der Waals surface area contributed by atoms with Crippen LogP contribution in [0, 0.1) is 11.8 Å². The van der Waals surface area contributed by atoms with E-state index >= 15 is 0 Å². The summed E-state index contributed by atoms with van der Waals surface area (Å²) >= 11 is 0. The van der Waals surface area contributed by atoms with Crippen LogP contribution in [0.5, 0.6) is 0 Å². The molecule has 1 fully saturated rings. The summed E-state index contributed by atoms with van der Waals surface area (Å²) in [4.78, 5) is 36.5. The van der Waals surface area contributed by atoms with Gasteiger partial charge >= 0.3 is 12.1 Å².